The van der Waals surface area contributed by atoms with Crippen LogP contribution in [0.1, 0.15) is 33.6 Å². The maximum atomic E-state index is 12.3. The molecule has 2 aliphatic rings. The largest absolute Gasteiger partial charge is 0.365 e. The van der Waals surface area contributed by atoms with Crippen LogP contribution in [0.25, 0.3) is 0 Å². The van der Waals surface area contributed by atoms with E-state index in [0.717, 1.165) is 25.9 Å². The van der Waals surface area contributed by atoms with Crippen molar-refractivity contribution in [2.75, 3.05) is 13.1 Å². The highest BCUT2D eigenvalue weighted by Crippen LogP contribution is 2.22. The van der Waals surface area contributed by atoms with E-state index in [1.165, 1.54) is 0 Å². The smallest absolute Gasteiger partial charge is 0.252 e. The van der Waals surface area contributed by atoms with Gasteiger partial charge in [0.15, 0.2) is 0 Å². The molecule has 4 atom stereocenters. The topological polar surface area (TPSA) is 41.6 Å². The molecule has 0 aromatic rings. The van der Waals surface area contributed by atoms with Gasteiger partial charge >= 0.3 is 0 Å². The summed E-state index contributed by atoms with van der Waals surface area (Å²) in [5, 5.41) is 3.38. The molecule has 0 bridgehead atoms. The fourth-order valence-corrected chi connectivity index (χ4v) is 2.50. The van der Waals surface area contributed by atoms with Gasteiger partial charge in [0, 0.05) is 25.2 Å². The third kappa shape index (κ3) is 2.38. The van der Waals surface area contributed by atoms with E-state index in [2.05, 4.69) is 19.2 Å². The molecule has 2 fully saturated rings. The van der Waals surface area contributed by atoms with E-state index in [1.54, 1.807) is 0 Å². The van der Waals surface area contributed by atoms with Crippen molar-refractivity contribution in [1.29, 1.82) is 0 Å². The number of hydrogen-bond acceptors (Lipinski definition) is 3. The minimum absolute atomic E-state index is 0.185. The SMILES string of the molecule is CC1CN(C(=O)C2CCC(C)O2)C(C)CN1. The zero-order valence-corrected chi connectivity index (χ0v) is 10.4. The molecule has 0 radical (unpaired) electrons. The highest BCUT2D eigenvalue weighted by atomic mass is 16.5. The van der Waals surface area contributed by atoms with E-state index in [9.17, 15) is 4.79 Å². The summed E-state index contributed by atoms with van der Waals surface area (Å²) >= 11 is 0. The van der Waals surface area contributed by atoms with Crippen molar-refractivity contribution >= 4 is 5.91 Å². The van der Waals surface area contributed by atoms with Crippen LogP contribution < -0.4 is 5.32 Å². The standard InChI is InChI=1S/C12H22N2O2/c1-8-7-14(9(2)6-13-8)12(15)11-5-4-10(3)16-11/h8-11,13H,4-7H2,1-3H3. The molecule has 4 heteroatoms. The summed E-state index contributed by atoms with van der Waals surface area (Å²) in [6.07, 6.45) is 1.93. The van der Waals surface area contributed by atoms with Crippen molar-refractivity contribution < 1.29 is 9.53 Å². The Labute approximate surface area is 97.3 Å². The summed E-state index contributed by atoms with van der Waals surface area (Å²) in [6.45, 7) is 7.93. The van der Waals surface area contributed by atoms with E-state index in [-0.39, 0.29) is 24.2 Å². The Kier molecular flexibility index (Phi) is 3.50. The predicted molar refractivity (Wildman–Crippen MR) is 62.2 cm³/mol. The van der Waals surface area contributed by atoms with Crippen LogP contribution in [-0.4, -0.2) is 48.2 Å². The van der Waals surface area contributed by atoms with Gasteiger partial charge in [-0.3, -0.25) is 4.79 Å². The molecule has 2 heterocycles. The third-order valence-corrected chi connectivity index (χ3v) is 3.55. The number of nitrogens with one attached hydrogen (secondary N) is 1. The molecule has 2 aliphatic heterocycles. The number of nitrogens with zero attached hydrogens (tertiary/aromatic N) is 1. The number of ether oxygens (including phenoxy) is 1. The zero-order valence-electron chi connectivity index (χ0n) is 10.4. The normalized spacial score (nSPS) is 40.1. The van der Waals surface area contributed by atoms with Crippen molar-refractivity contribution in [3.8, 4) is 0 Å². The van der Waals surface area contributed by atoms with Crippen molar-refractivity contribution in [1.82, 2.24) is 10.2 Å². The van der Waals surface area contributed by atoms with Gasteiger partial charge in [0.25, 0.3) is 5.91 Å². The first-order chi connectivity index (χ1) is 7.58. The number of amides is 1. The zero-order chi connectivity index (χ0) is 11.7. The van der Waals surface area contributed by atoms with Crippen LogP contribution in [0.15, 0.2) is 0 Å². The van der Waals surface area contributed by atoms with Crippen LogP contribution in [0.4, 0.5) is 0 Å². The van der Waals surface area contributed by atoms with E-state index >= 15 is 0 Å². The van der Waals surface area contributed by atoms with Gasteiger partial charge in [0.2, 0.25) is 0 Å². The fraction of sp³-hybridized carbons (Fsp3) is 0.917. The predicted octanol–water partition coefficient (Wildman–Crippen LogP) is 0.763. The molecule has 4 unspecified atom stereocenters. The van der Waals surface area contributed by atoms with Gasteiger partial charge in [-0.2, -0.15) is 0 Å². The van der Waals surface area contributed by atoms with Crippen LogP contribution in [0.5, 0.6) is 0 Å². The van der Waals surface area contributed by atoms with E-state index in [0.29, 0.717) is 6.04 Å². The Morgan fingerprint density at radius 1 is 1.31 bits per heavy atom. The first-order valence-corrected chi connectivity index (χ1v) is 6.27. The molecule has 16 heavy (non-hydrogen) atoms. The lowest BCUT2D eigenvalue weighted by Crippen LogP contribution is -2.58. The summed E-state index contributed by atoms with van der Waals surface area (Å²) in [5.41, 5.74) is 0. The van der Waals surface area contributed by atoms with E-state index in [4.69, 9.17) is 4.74 Å². The van der Waals surface area contributed by atoms with Gasteiger partial charge in [0.05, 0.1) is 6.10 Å². The second-order valence-electron chi connectivity index (χ2n) is 5.16. The Morgan fingerprint density at radius 3 is 2.69 bits per heavy atom. The summed E-state index contributed by atoms with van der Waals surface area (Å²) in [4.78, 5) is 14.3. The molecular formula is C12H22N2O2. The van der Waals surface area contributed by atoms with Gasteiger partial charge in [-0.25, -0.2) is 0 Å². The van der Waals surface area contributed by atoms with E-state index < -0.39 is 0 Å². The molecule has 1 amide bonds. The lowest BCUT2D eigenvalue weighted by Gasteiger charge is -2.38. The highest BCUT2D eigenvalue weighted by Gasteiger charge is 2.35. The van der Waals surface area contributed by atoms with Crippen LogP contribution in [0, 0.1) is 0 Å². The van der Waals surface area contributed by atoms with Crippen molar-refractivity contribution in [2.24, 2.45) is 0 Å². The average Bonchev–Trinajstić information content (AvgIpc) is 2.67. The fourth-order valence-electron chi connectivity index (χ4n) is 2.50. The molecule has 92 valence electrons. The third-order valence-electron chi connectivity index (χ3n) is 3.55. The molecule has 0 spiro atoms. The molecular weight excluding hydrogens is 204 g/mol. The van der Waals surface area contributed by atoms with Gasteiger partial charge in [-0.05, 0) is 33.6 Å². The molecule has 0 aliphatic carbocycles. The number of carbonyl (C=O) groups excluding carboxylic acids is 1. The molecule has 2 rings (SSSR count). The number of carbonyl (C=O) groups is 1. The summed E-state index contributed by atoms with van der Waals surface area (Å²) in [7, 11) is 0. The molecule has 0 saturated carbocycles. The van der Waals surface area contributed by atoms with Crippen LogP contribution in [-0.2, 0) is 9.53 Å². The lowest BCUT2D eigenvalue weighted by molar-refractivity contribution is -0.146. The molecule has 0 aromatic carbocycles. The van der Waals surface area contributed by atoms with Crippen molar-refractivity contribution in [3.05, 3.63) is 0 Å². The van der Waals surface area contributed by atoms with Crippen molar-refractivity contribution in [2.45, 2.75) is 57.9 Å². The van der Waals surface area contributed by atoms with Crippen LogP contribution in [0.2, 0.25) is 0 Å². The van der Waals surface area contributed by atoms with Crippen LogP contribution in [0.3, 0.4) is 0 Å². The minimum atomic E-state index is -0.192. The molecule has 4 nitrogen and oxygen atoms in total. The van der Waals surface area contributed by atoms with Crippen LogP contribution >= 0.6 is 0 Å². The van der Waals surface area contributed by atoms with E-state index in [1.807, 2.05) is 11.8 Å². The second kappa shape index (κ2) is 4.72. The second-order valence-corrected chi connectivity index (χ2v) is 5.16. The first kappa shape index (κ1) is 11.9. The quantitative estimate of drug-likeness (QED) is 0.718. The average molecular weight is 226 g/mol. The van der Waals surface area contributed by atoms with Crippen molar-refractivity contribution in [3.63, 3.8) is 0 Å². The Balaban J connectivity index is 1.97. The highest BCUT2D eigenvalue weighted by molar-refractivity contribution is 5.81. The number of rotatable bonds is 1. The van der Waals surface area contributed by atoms with Gasteiger partial charge in [-0.1, -0.05) is 0 Å². The maximum Gasteiger partial charge on any atom is 0.252 e. The Hall–Kier alpha value is -0.610. The van der Waals surface area contributed by atoms with Gasteiger partial charge in [-0.15, -0.1) is 0 Å². The number of piperazine rings is 1. The van der Waals surface area contributed by atoms with Gasteiger partial charge < -0.3 is 15.0 Å². The first-order valence-electron chi connectivity index (χ1n) is 6.27. The summed E-state index contributed by atoms with van der Waals surface area (Å²) in [6, 6.07) is 0.669. The van der Waals surface area contributed by atoms with Gasteiger partial charge in [0.1, 0.15) is 6.10 Å². The summed E-state index contributed by atoms with van der Waals surface area (Å²) < 4.78 is 5.65. The molecule has 1 N–H and O–H groups in total. The monoisotopic (exact) mass is 226 g/mol. The maximum absolute atomic E-state index is 12.3. The molecule has 0 aromatic heterocycles. The summed E-state index contributed by atoms with van der Waals surface area (Å²) in [5.74, 6) is 0.185. The molecule has 2 saturated heterocycles. The number of hydrogen-bond donors (Lipinski definition) is 1. The lowest BCUT2D eigenvalue weighted by atomic mass is 10.1. The Bertz CT molecular complexity index is 270. The Morgan fingerprint density at radius 2 is 2.06 bits per heavy atom. The minimum Gasteiger partial charge on any atom is -0.365 e.